The first kappa shape index (κ1) is 14.5. The Hall–Kier alpha value is -1.93. The van der Waals surface area contributed by atoms with Crippen LogP contribution in [0.4, 0.5) is 10.1 Å². The Labute approximate surface area is 125 Å². The zero-order chi connectivity index (χ0) is 14.7. The minimum atomic E-state index is -0.431. The van der Waals surface area contributed by atoms with Crippen molar-refractivity contribution in [2.45, 2.75) is 13.5 Å². The molecule has 3 nitrogen and oxygen atoms in total. The highest BCUT2D eigenvalue weighted by Crippen LogP contribution is 2.29. The van der Waals surface area contributed by atoms with Gasteiger partial charge in [0.25, 0.3) is 0 Å². The molecule has 2 aromatic rings. The highest BCUT2D eigenvalue weighted by molar-refractivity contribution is 9.10. The predicted molar refractivity (Wildman–Crippen MR) is 79.9 cm³/mol. The van der Waals surface area contributed by atoms with E-state index in [0.717, 1.165) is 11.4 Å². The van der Waals surface area contributed by atoms with Gasteiger partial charge in [0.2, 0.25) is 0 Å². The van der Waals surface area contributed by atoms with Crippen molar-refractivity contribution in [1.29, 1.82) is 5.26 Å². The van der Waals surface area contributed by atoms with Gasteiger partial charge in [-0.25, -0.2) is 4.39 Å². The number of aryl methyl sites for hydroxylation is 1. The number of nitriles is 1. The van der Waals surface area contributed by atoms with Crippen molar-refractivity contribution in [3.8, 4) is 6.07 Å². The molecule has 0 unspecified atom stereocenters. The maximum absolute atomic E-state index is 14.2. The number of anilines is 1. The van der Waals surface area contributed by atoms with Crippen molar-refractivity contribution < 1.29 is 4.39 Å². The normalized spacial score (nSPS) is 10.2. The molecule has 0 amide bonds. The molecule has 0 N–H and O–H groups in total. The quantitative estimate of drug-likeness (QED) is 0.857. The monoisotopic (exact) mass is 333 g/mol. The fraction of sp³-hybridized carbons (Fsp3) is 0.200. The summed E-state index contributed by atoms with van der Waals surface area (Å²) in [6.07, 6.45) is 0. The second-order valence-corrected chi connectivity index (χ2v) is 5.29. The summed E-state index contributed by atoms with van der Waals surface area (Å²) in [6, 6.07) is 10.9. The Kier molecular flexibility index (Phi) is 4.35. The number of nitrogens with zero attached hydrogens (tertiary/aromatic N) is 3. The van der Waals surface area contributed by atoms with Crippen LogP contribution >= 0.6 is 15.9 Å². The average molecular weight is 334 g/mol. The number of hydrogen-bond donors (Lipinski definition) is 0. The fourth-order valence-corrected chi connectivity index (χ4v) is 2.36. The summed E-state index contributed by atoms with van der Waals surface area (Å²) >= 11 is 3.12. The molecule has 0 fully saturated rings. The maximum Gasteiger partial charge on any atom is 0.161 e. The summed E-state index contributed by atoms with van der Waals surface area (Å²) in [4.78, 5) is 6.16. The van der Waals surface area contributed by atoms with Gasteiger partial charge in [0.1, 0.15) is 6.07 Å². The topological polar surface area (TPSA) is 39.9 Å². The second-order valence-electron chi connectivity index (χ2n) is 4.50. The average Bonchev–Trinajstić information content (AvgIpc) is 2.41. The van der Waals surface area contributed by atoms with Crippen molar-refractivity contribution in [2.75, 3.05) is 11.9 Å². The number of hydrogen-bond acceptors (Lipinski definition) is 3. The van der Waals surface area contributed by atoms with Gasteiger partial charge >= 0.3 is 0 Å². The van der Waals surface area contributed by atoms with E-state index in [1.165, 1.54) is 0 Å². The minimum Gasteiger partial charge on any atom is -0.366 e. The van der Waals surface area contributed by atoms with Crippen LogP contribution in [0.15, 0.2) is 34.8 Å². The van der Waals surface area contributed by atoms with E-state index in [2.05, 4.69) is 20.9 Å². The summed E-state index contributed by atoms with van der Waals surface area (Å²) in [6.45, 7) is 2.42. The highest BCUT2D eigenvalue weighted by Gasteiger charge is 2.14. The fourth-order valence-electron chi connectivity index (χ4n) is 1.94. The molecule has 2 rings (SSSR count). The Bertz CT molecular complexity index is 679. The lowest BCUT2D eigenvalue weighted by molar-refractivity contribution is 0.614. The van der Waals surface area contributed by atoms with Crippen molar-refractivity contribution in [3.63, 3.8) is 0 Å². The van der Waals surface area contributed by atoms with Crippen LogP contribution in [0.1, 0.15) is 17.0 Å². The molecule has 1 aromatic carbocycles. The molecule has 102 valence electrons. The smallest absolute Gasteiger partial charge is 0.161 e. The molecule has 1 heterocycles. The van der Waals surface area contributed by atoms with Gasteiger partial charge in [0.05, 0.1) is 28.0 Å². The lowest BCUT2D eigenvalue weighted by atomic mass is 10.2. The molecule has 0 atom stereocenters. The van der Waals surface area contributed by atoms with Crippen LogP contribution in [0.2, 0.25) is 0 Å². The standard InChI is InChI=1S/C15H13BrFN3/c1-10-4-3-5-12(19-10)9-20(2)13-7-6-11(8-18)14(16)15(13)17/h3-7H,9H2,1-2H3. The van der Waals surface area contributed by atoms with Crippen LogP contribution in [0.5, 0.6) is 0 Å². The first-order valence-corrected chi connectivity index (χ1v) is 6.84. The summed E-state index contributed by atoms with van der Waals surface area (Å²) in [5.74, 6) is -0.431. The van der Waals surface area contributed by atoms with Gasteiger partial charge in [0, 0.05) is 12.7 Å². The molecule has 0 aliphatic heterocycles. The van der Waals surface area contributed by atoms with Gasteiger partial charge in [0.15, 0.2) is 5.82 Å². The number of rotatable bonds is 3. The van der Waals surface area contributed by atoms with Crippen LogP contribution in [0.3, 0.4) is 0 Å². The largest absolute Gasteiger partial charge is 0.366 e. The van der Waals surface area contributed by atoms with Gasteiger partial charge in [-0.05, 0) is 47.1 Å². The Morgan fingerprint density at radius 1 is 1.35 bits per heavy atom. The number of benzene rings is 1. The number of pyridine rings is 1. The molecule has 0 bridgehead atoms. The number of halogens is 2. The molecule has 0 radical (unpaired) electrons. The molecule has 0 saturated heterocycles. The van der Waals surface area contributed by atoms with Crippen molar-refractivity contribution in [2.24, 2.45) is 0 Å². The Morgan fingerprint density at radius 3 is 2.75 bits per heavy atom. The second kappa shape index (κ2) is 6.02. The van der Waals surface area contributed by atoms with Gasteiger partial charge in [-0.1, -0.05) is 6.07 Å². The first-order valence-electron chi connectivity index (χ1n) is 6.04. The van der Waals surface area contributed by atoms with Crippen LogP contribution in [0, 0.1) is 24.1 Å². The Morgan fingerprint density at radius 2 is 2.10 bits per heavy atom. The van der Waals surface area contributed by atoms with Gasteiger partial charge < -0.3 is 4.90 Å². The van der Waals surface area contributed by atoms with E-state index >= 15 is 0 Å². The van der Waals surface area contributed by atoms with Crippen LogP contribution < -0.4 is 4.90 Å². The molecular weight excluding hydrogens is 321 g/mol. The van der Waals surface area contributed by atoms with Gasteiger partial charge in [-0.2, -0.15) is 5.26 Å². The molecular formula is C15H13BrFN3. The van der Waals surface area contributed by atoms with Gasteiger partial charge in [-0.15, -0.1) is 0 Å². The summed E-state index contributed by atoms with van der Waals surface area (Å²) in [5.41, 5.74) is 2.51. The predicted octanol–water partition coefficient (Wildman–Crippen LogP) is 3.80. The first-order chi connectivity index (χ1) is 9.52. The third-order valence-electron chi connectivity index (χ3n) is 2.94. The summed E-state index contributed by atoms with van der Waals surface area (Å²) in [7, 11) is 1.79. The van der Waals surface area contributed by atoms with Crippen molar-refractivity contribution >= 4 is 21.6 Å². The molecule has 0 aliphatic carbocycles. The third kappa shape index (κ3) is 2.97. The van der Waals surface area contributed by atoms with Gasteiger partial charge in [-0.3, -0.25) is 4.98 Å². The van der Waals surface area contributed by atoms with E-state index in [1.807, 2.05) is 31.2 Å². The maximum atomic E-state index is 14.2. The highest BCUT2D eigenvalue weighted by atomic mass is 79.9. The van der Waals surface area contributed by atoms with Crippen molar-refractivity contribution in [1.82, 2.24) is 4.98 Å². The van der Waals surface area contributed by atoms with E-state index in [0.29, 0.717) is 12.2 Å². The van der Waals surface area contributed by atoms with E-state index < -0.39 is 5.82 Å². The van der Waals surface area contributed by atoms with E-state index in [4.69, 9.17) is 5.26 Å². The SMILES string of the molecule is Cc1cccc(CN(C)c2ccc(C#N)c(Br)c2F)n1. The van der Waals surface area contributed by atoms with E-state index in [-0.39, 0.29) is 10.0 Å². The molecule has 1 aromatic heterocycles. The van der Waals surface area contributed by atoms with E-state index in [9.17, 15) is 4.39 Å². The van der Waals surface area contributed by atoms with Crippen LogP contribution in [-0.2, 0) is 6.54 Å². The minimum absolute atomic E-state index is 0.196. The van der Waals surface area contributed by atoms with E-state index in [1.54, 1.807) is 24.1 Å². The van der Waals surface area contributed by atoms with Crippen LogP contribution in [0.25, 0.3) is 0 Å². The molecule has 0 aliphatic rings. The summed E-state index contributed by atoms with van der Waals surface area (Å²) in [5, 5.41) is 8.87. The molecule has 0 spiro atoms. The summed E-state index contributed by atoms with van der Waals surface area (Å²) < 4.78 is 14.4. The molecule has 0 saturated carbocycles. The lowest BCUT2D eigenvalue weighted by Crippen LogP contribution is -2.19. The zero-order valence-electron chi connectivity index (χ0n) is 11.2. The number of aromatic nitrogens is 1. The van der Waals surface area contributed by atoms with Crippen LogP contribution in [-0.4, -0.2) is 12.0 Å². The van der Waals surface area contributed by atoms with Crippen molar-refractivity contribution in [3.05, 3.63) is 57.6 Å². The molecule has 20 heavy (non-hydrogen) atoms. The Balaban J connectivity index is 2.28. The third-order valence-corrected chi connectivity index (χ3v) is 3.71. The zero-order valence-corrected chi connectivity index (χ0v) is 12.8. The lowest BCUT2D eigenvalue weighted by Gasteiger charge is -2.20. The molecule has 5 heteroatoms.